The molecule has 0 atom stereocenters. The lowest BCUT2D eigenvalue weighted by Gasteiger charge is -2.06. The lowest BCUT2D eigenvalue weighted by molar-refractivity contribution is -0.114. The van der Waals surface area contributed by atoms with Gasteiger partial charge in [-0.2, -0.15) is 4.91 Å². The number of halogens is 1. The Balaban J connectivity index is 2.80. The molecule has 1 aromatic carbocycles. The smallest absolute Gasteiger partial charge is 0.249 e. The number of carbonyl (C=O) groups is 1. The number of hydrogen-bond acceptors (Lipinski definition) is 3. The normalized spacial score (nSPS) is 9.57. The molecule has 0 saturated heterocycles. The number of nitroso groups, excluding NO2 is 1. The third kappa shape index (κ3) is 2.92. The van der Waals surface area contributed by atoms with Crippen molar-refractivity contribution in [2.24, 2.45) is 5.18 Å². The summed E-state index contributed by atoms with van der Waals surface area (Å²) in [6.45, 7) is 1.52. The maximum Gasteiger partial charge on any atom is 0.249 e. The first-order valence-corrected chi connectivity index (χ1v) is 4.78. The van der Waals surface area contributed by atoms with Crippen molar-refractivity contribution in [3.63, 3.8) is 0 Å². The zero-order valence-corrected chi connectivity index (χ0v) is 9.17. The van der Waals surface area contributed by atoms with Gasteiger partial charge in [0.2, 0.25) is 5.91 Å². The minimum atomic E-state index is -0.402. The van der Waals surface area contributed by atoms with Crippen LogP contribution in [0, 0.1) is 11.8 Å². The molecule has 1 aromatic rings. The maximum absolute atomic E-state index is 11.1. The van der Waals surface area contributed by atoms with Crippen LogP contribution in [0.2, 0.25) is 0 Å². The fourth-order valence-corrected chi connectivity index (χ4v) is 1.34. The van der Waals surface area contributed by atoms with Crippen LogP contribution in [-0.2, 0) is 4.79 Å². The van der Waals surface area contributed by atoms with E-state index in [0.29, 0.717) is 5.69 Å². The molecule has 0 spiro atoms. The maximum atomic E-state index is 11.1. The Kier molecular flexibility index (Phi) is 3.76. The number of nitrogens with zero attached hydrogens (tertiary/aromatic N) is 1. The highest BCUT2D eigenvalue weighted by atomic mass is 79.9. The minimum absolute atomic E-state index is 0.355. The van der Waals surface area contributed by atoms with E-state index in [2.05, 4.69) is 26.4 Å². The van der Waals surface area contributed by atoms with Gasteiger partial charge in [0.15, 0.2) is 6.54 Å². The Labute approximate surface area is 89.8 Å². The fraction of sp³-hybridized carbons (Fsp3) is 0.222. The van der Waals surface area contributed by atoms with E-state index in [1.807, 2.05) is 19.1 Å². The number of benzene rings is 1. The number of anilines is 1. The van der Waals surface area contributed by atoms with Gasteiger partial charge < -0.3 is 5.32 Å². The number of hydrogen-bond donors (Lipinski definition) is 1. The molecule has 0 aliphatic carbocycles. The highest BCUT2D eigenvalue weighted by Crippen LogP contribution is 2.20. The van der Waals surface area contributed by atoms with Crippen LogP contribution in [0.4, 0.5) is 5.69 Å². The zero-order valence-electron chi connectivity index (χ0n) is 7.58. The molecule has 0 aromatic heterocycles. The largest absolute Gasteiger partial charge is 0.324 e. The number of rotatable bonds is 3. The van der Waals surface area contributed by atoms with E-state index in [9.17, 15) is 9.70 Å². The van der Waals surface area contributed by atoms with Crippen LogP contribution in [-0.4, -0.2) is 12.5 Å². The van der Waals surface area contributed by atoms with Crippen LogP contribution < -0.4 is 5.32 Å². The van der Waals surface area contributed by atoms with Crippen molar-refractivity contribution >= 4 is 27.5 Å². The van der Waals surface area contributed by atoms with Crippen LogP contribution >= 0.6 is 15.9 Å². The predicted octanol–water partition coefficient (Wildman–Crippen LogP) is 2.46. The molecular weight excluding hydrogens is 248 g/mol. The topological polar surface area (TPSA) is 58.5 Å². The molecule has 0 saturated carbocycles. The molecule has 0 aliphatic heterocycles. The van der Waals surface area contributed by atoms with Crippen molar-refractivity contribution in [1.82, 2.24) is 0 Å². The summed E-state index contributed by atoms with van der Waals surface area (Å²) in [7, 11) is 0. The molecule has 5 heteroatoms. The van der Waals surface area contributed by atoms with Crippen molar-refractivity contribution in [2.45, 2.75) is 6.92 Å². The Morgan fingerprint density at radius 1 is 1.57 bits per heavy atom. The number of amides is 1. The Bertz CT molecular complexity index is 366. The average Bonchev–Trinajstić information content (AvgIpc) is 2.12. The van der Waals surface area contributed by atoms with E-state index in [1.165, 1.54) is 0 Å². The molecule has 0 aliphatic rings. The third-order valence-corrected chi connectivity index (χ3v) is 2.18. The highest BCUT2D eigenvalue weighted by molar-refractivity contribution is 9.10. The van der Waals surface area contributed by atoms with Crippen LogP contribution in [0.3, 0.4) is 0 Å². The quantitative estimate of drug-likeness (QED) is 0.845. The first-order chi connectivity index (χ1) is 6.63. The second-order valence-corrected chi connectivity index (χ2v) is 3.71. The summed E-state index contributed by atoms with van der Waals surface area (Å²) in [6.07, 6.45) is 0. The molecule has 0 bridgehead atoms. The Morgan fingerprint density at radius 3 is 2.93 bits per heavy atom. The number of aryl methyl sites for hydroxylation is 1. The molecule has 0 unspecified atom stereocenters. The second-order valence-electron chi connectivity index (χ2n) is 2.79. The molecule has 1 N–H and O–H groups in total. The monoisotopic (exact) mass is 256 g/mol. The van der Waals surface area contributed by atoms with Crippen molar-refractivity contribution < 1.29 is 4.79 Å². The average molecular weight is 257 g/mol. The van der Waals surface area contributed by atoms with Gasteiger partial charge >= 0.3 is 0 Å². The molecule has 1 rings (SSSR count). The van der Waals surface area contributed by atoms with Gasteiger partial charge in [-0.05, 0) is 24.6 Å². The lowest BCUT2D eigenvalue weighted by atomic mass is 10.2. The predicted molar refractivity (Wildman–Crippen MR) is 58.2 cm³/mol. The molecule has 14 heavy (non-hydrogen) atoms. The van der Waals surface area contributed by atoms with Gasteiger partial charge in [-0.3, -0.25) is 4.79 Å². The number of carbonyl (C=O) groups excluding carboxylic acids is 1. The Morgan fingerprint density at radius 2 is 2.29 bits per heavy atom. The van der Waals surface area contributed by atoms with Crippen molar-refractivity contribution in [2.75, 3.05) is 11.9 Å². The molecule has 0 radical (unpaired) electrons. The number of nitrogens with one attached hydrogen (secondary N) is 1. The molecule has 0 heterocycles. The van der Waals surface area contributed by atoms with Gasteiger partial charge in [-0.15, -0.1) is 0 Å². The van der Waals surface area contributed by atoms with Crippen LogP contribution in [0.1, 0.15) is 5.56 Å². The van der Waals surface area contributed by atoms with Gasteiger partial charge in [0.1, 0.15) is 0 Å². The lowest BCUT2D eigenvalue weighted by Crippen LogP contribution is -2.15. The van der Waals surface area contributed by atoms with Crippen molar-refractivity contribution in [3.8, 4) is 0 Å². The summed E-state index contributed by atoms with van der Waals surface area (Å²) in [6, 6.07) is 5.52. The van der Waals surface area contributed by atoms with Crippen LogP contribution in [0.15, 0.2) is 27.8 Å². The van der Waals surface area contributed by atoms with E-state index in [1.54, 1.807) is 6.07 Å². The van der Waals surface area contributed by atoms with Gasteiger partial charge in [-0.25, -0.2) is 0 Å². The molecular formula is C9H9BrN2O2. The second kappa shape index (κ2) is 4.85. The van der Waals surface area contributed by atoms with Crippen molar-refractivity contribution in [1.29, 1.82) is 0 Å². The molecule has 74 valence electrons. The Hall–Kier alpha value is -1.23. The van der Waals surface area contributed by atoms with Gasteiger partial charge in [0.05, 0.1) is 0 Å². The summed E-state index contributed by atoms with van der Waals surface area (Å²) < 4.78 is 0.873. The molecule has 1 amide bonds. The summed E-state index contributed by atoms with van der Waals surface area (Å²) >= 11 is 3.29. The first-order valence-electron chi connectivity index (χ1n) is 3.98. The summed E-state index contributed by atoms with van der Waals surface area (Å²) in [5.74, 6) is -0.402. The van der Waals surface area contributed by atoms with E-state index < -0.39 is 5.91 Å². The zero-order chi connectivity index (χ0) is 10.6. The van der Waals surface area contributed by atoms with Gasteiger partial charge in [0, 0.05) is 10.2 Å². The highest BCUT2D eigenvalue weighted by Gasteiger charge is 2.04. The standard InChI is InChI=1S/C9H9BrN2O2/c1-6-2-3-7(10)4-8(6)12-9(13)5-11-14/h2-4H,5H2,1H3,(H,12,13). The summed E-state index contributed by atoms with van der Waals surface area (Å²) in [5, 5.41) is 5.10. The van der Waals surface area contributed by atoms with Gasteiger partial charge in [-0.1, -0.05) is 27.2 Å². The fourth-order valence-electron chi connectivity index (χ4n) is 0.977. The molecule has 4 nitrogen and oxygen atoms in total. The van der Waals surface area contributed by atoms with E-state index in [0.717, 1.165) is 10.0 Å². The van der Waals surface area contributed by atoms with Crippen LogP contribution in [0.5, 0.6) is 0 Å². The minimum Gasteiger partial charge on any atom is -0.324 e. The molecule has 0 fully saturated rings. The van der Waals surface area contributed by atoms with E-state index in [-0.39, 0.29) is 6.54 Å². The van der Waals surface area contributed by atoms with Crippen LogP contribution in [0.25, 0.3) is 0 Å². The summed E-state index contributed by atoms with van der Waals surface area (Å²) in [4.78, 5) is 20.9. The van der Waals surface area contributed by atoms with E-state index in [4.69, 9.17) is 0 Å². The van der Waals surface area contributed by atoms with E-state index >= 15 is 0 Å². The first kappa shape index (κ1) is 10.8. The third-order valence-electron chi connectivity index (χ3n) is 1.68. The summed E-state index contributed by atoms with van der Waals surface area (Å²) in [5.41, 5.74) is 1.63. The van der Waals surface area contributed by atoms with Crippen molar-refractivity contribution in [3.05, 3.63) is 33.1 Å². The van der Waals surface area contributed by atoms with Gasteiger partial charge in [0.25, 0.3) is 0 Å². The SMILES string of the molecule is Cc1ccc(Br)cc1NC(=O)CN=O.